The first kappa shape index (κ1) is 13.0. The Bertz CT molecular complexity index is 872. The highest BCUT2D eigenvalue weighted by Gasteiger charge is 2.09. The van der Waals surface area contributed by atoms with Crippen molar-refractivity contribution in [1.82, 2.24) is 15.0 Å². The lowest BCUT2D eigenvalue weighted by atomic mass is 10.1. The minimum atomic E-state index is -1.07. The highest BCUT2D eigenvalue weighted by molar-refractivity contribution is 5.92. The van der Waals surface area contributed by atoms with E-state index in [1.807, 2.05) is 12.1 Å². The molecule has 2 aromatic heterocycles. The quantitative estimate of drug-likeness (QED) is 0.760. The van der Waals surface area contributed by atoms with E-state index in [0.717, 1.165) is 5.56 Å². The summed E-state index contributed by atoms with van der Waals surface area (Å²) in [7, 11) is 0. The standard InChI is InChI=1S/C15H11N3O3/c19-14-11-7-10(15(20)21)3-4-12(11)17-13(18-14)6-9-2-1-5-16-8-9/h1-5,7-8H,6H2,(H,20,21)(H,17,18,19). The largest absolute Gasteiger partial charge is 0.478 e. The topological polar surface area (TPSA) is 95.9 Å². The summed E-state index contributed by atoms with van der Waals surface area (Å²) in [5.74, 6) is -0.556. The fraction of sp³-hybridized carbons (Fsp3) is 0.0667. The van der Waals surface area contributed by atoms with Crippen molar-refractivity contribution in [2.45, 2.75) is 6.42 Å². The average Bonchev–Trinajstić information content (AvgIpc) is 2.48. The van der Waals surface area contributed by atoms with Crippen LogP contribution >= 0.6 is 0 Å². The third-order valence-corrected chi connectivity index (χ3v) is 3.10. The van der Waals surface area contributed by atoms with Gasteiger partial charge in [0.25, 0.3) is 5.56 Å². The molecule has 0 aliphatic heterocycles. The molecule has 0 saturated heterocycles. The van der Waals surface area contributed by atoms with Crippen molar-refractivity contribution >= 4 is 16.9 Å². The lowest BCUT2D eigenvalue weighted by molar-refractivity contribution is 0.0697. The number of carboxylic acids is 1. The molecule has 21 heavy (non-hydrogen) atoms. The van der Waals surface area contributed by atoms with Crippen LogP contribution in [0.1, 0.15) is 21.7 Å². The van der Waals surface area contributed by atoms with Gasteiger partial charge in [-0.15, -0.1) is 0 Å². The minimum absolute atomic E-state index is 0.0646. The second-order valence-corrected chi connectivity index (χ2v) is 4.59. The van der Waals surface area contributed by atoms with Crippen molar-refractivity contribution in [2.75, 3.05) is 0 Å². The molecule has 2 heterocycles. The van der Waals surface area contributed by atoms with Crippen LogP contribution < -0.4 is 5.56 Å². The Balaban J connectivity index is 2.06. The van der Waals surface area contributed by atoms with Gasteiger partial charge in [0.2, 0.25) is 0 Å². The first-order valence-corrected chi connectivity index (χ1v) is 6.28. The van der Waals surface area contributed by atoms with Crippen molar-refractivity contribution in [3.05, 3.63) is 70.0 Å². The van der Waals surface area contributed by atoms with E-state index in [2.05, 4.69) is 15.0 Å². The van der Waals surface area contributed by atoms with Crippen LogP contribution in [0.3, 0.4) is 0 Å². The monoisotopic (exact) mass is 281 g/mol. The van der Waals surface area contributed by atoms with Gasteiger partial charge in [0, 0.05) is 18.8 Å². The molecule has 104 valence electrons. The second-order valence-electron chi connectivity index (χ2n) is 4.59. The molecule has 0 radical (unpaired) electrons. The van der Waals surface area contributed by atoms with Crippen LogP contribution in [0.2, 0.25) is 0 Å². The lowest BCUT2D eigenvalue weighted by Crippen LogP contribution is -2.13. The number of pyridine rings is 1. The van der Waals surface area contributed by atoms with Gasteiger partial charge in [0.15, 0.2) is 0 Å². The van der Waals surface area contributed by atoms with Crippen LogP contribution in [-0.4, -0.2) is 26.0 Å². The number of aromatic nitrogens is 3. The molecular weight excluding hydrogens is 270 g/mol. The molecule has 0 amide bonds. The maximum absolute atomic E-state index is 12.1. The molecule has 0 unspecified atom stereocenters. The number of nitrogens with zero attached hydrogens (tertiary/aromatic N) is 2. The Hall–Kier alpha value is -3.02. The van der Waals surface area contributed by atoms with Gasteiger partial charge in [-0.1, -0.05) is 6.07 Å². The van der Waals surface area contributed by atoms with E-state index in [4.69, 9.17) is 5.11 Å². The van der Waals surface area contributed by atoms with E-state index in [1.165, 1.54) is 12.1 Å². The normalized spacial score (nSPS) is 10.7. The average molecular weight is 281 g/mol. The van der Waals surface area contributed by atoms with Gasteiger partial charge in [-0.25, -0.2) is 9.78 Å². The number of carboxylic acid groups (broad SMARTS) is 1. The number of benzene rings is 1. The first-order valence-electron chi connectivity index (χ1n) is 6.28. The number of rotatable bonds is 3. The molecule has 0 fully saturated rings. The van der Waals surface area contributed by atoms with E-state index < -0.39 is 5.97 Å². The van der Waals surface area contributed by atoms with Crippen molar-refractivity contribution in [2.24, 2.45) is 0 Å². The summed E-state index contributed by atoms with van der Waals surface area (Å²) in [6, 6.07) is 8.02. The Morgan fingerprint density at radius 3 is 2.86 bits per heavy atom. The number of hydrogen-bond donors (Lipinski definition) is 2. The number of carbonyl (C=O) groups is 1. The van der Waals surface area contributed by atoms with Crippen LogP contribution in [0.25, 0.3) is 10.9 Å². The van der Waals surface area contributed by atoms with Gasteiger partial charge in [0.05, 0.1) is 16.5 Å². The lowest BCUT2D eigenvalue weighted by Gasteiger charge is -2.04. The molecule has 0 bridgehead atoms. The van der Waals surface area contributed by atoms with Gasteiger partial charge in [0.1, 0.15) is 5.82 Å². The Labute approximate surface area is 119 Å². The summed E-state index contributed by atoms with van der Waals surface area (Å²) in [5.41, 5.74) is 1.13. The second kappa shape index (κ2) is 5.16. The number of hydrogen-bond acceptors (Lipinski definition) is 4. The number of nitrogens with one attached hydrogen (secondary N) is 1. The van der Waals surface area contributed by atoms with Crippen LogP contribution in [0, 0.1) is 0 Å². The smallest absolute Gasteiger partial charge is 0.335 e. The van der Waals surface area contributed by atoms with Gasteiger partial charge < -0.3 is 10.1 Å². The van der Waals surface area contributed by atoms with Crippen LogP contribution in [0.15, 0.2) is 47.5 Å². The molecule has 0 atom stereocenters. The first-order chi connectivity index (χ1) is 10.1. The molecule has 6 heteroatoms. The van der Waals surface area contributed by atoms with Crippen molar-refractivity contribution in [3.8, 4) is 0 Å². The Morgan fingerprint density at radius 1 is 1.29 bits per heavy atom. The highest BCUT2D eigenvalue weighted by Crippen LogP contribution is 2.12. The number of fused-ring (bicyclic) bond motifs is 1. The molecule has 6 nitrogen and oxygen atoms in total. The van der Waals surface area contributed by atoms with Crippen molar-refractivity contribution < 1.29 is 9.90 Å². The number of H-pyrrole nitrogens is 1. The molecule has 0 saturated carbocycles. The summed E-state index contributed by atoms with van der Waals surface area (Å²) in [6.07, 6.45) is 3.84. The zero-order valence-electron chi connectivity index (χ0n) is 10.9. The van der Waals surface area contributed by atoms with Gasteiger partial charge in [-0.2, -0.15) is 0 Å². The van der Waals surface area contributed by atoms with E-state index >= 15 is 0 Å². The summed E-state index contributed by atoms with van der Waals surface area (Å²) in [5, 5.41) is 9.21. The molecule has 1 aromatic carbocycles. The zero-order chi connectivity index (χ0) is 14.8. The zero-order valence-corrected chi connectivity index (χ0v) is 10.9. The van der Waals surface area contributed by atoms with Crippen molar-refractivity contribution in [1.29, 1.82) is 0 Å². The Morgan fingerprint density at radius 2 is 2.14 bits per heavy atom. The fourth-order valence-electron chi connectivity index (χ4n) is 2.10. The molecule has 3 rings (SSSR count). The van der Waals surface area contributed by atoms with E-state index in [1.54, 1.807) is 18.5 Å². The van der Waals surface area contributed by atoms with Gasteiger partial charge >= 0.3 is 5.97 Å². The Kier molecular flexibility index (Phi) is 3.19. The predicted molar refractivity (Wildman–Crippen MR) is 76.4 cm³/mol. The summed E-state index contributed by atoms with van der Waals surface area (Å²) in [4.78, 5) is 34.0. The van der Waals surface area contributed by atoms with Crippen LogP contribution in [0.4, 0.5) is 0 Å². The molecule has 0 aliphatic rings. The third kappa shape index (κ3) is 2.64. The van der Waals surface area contributed by atoms with Crippen LogP contribution in [0.5, 0.6) is 0 Å². The third-order valence-electron chi connectivity index (χ3n) is 3.10. The molecule has 3 aromatic rings. The van der Waals surface area contributed by atoms with E-state index in [-0.39, 0.29) is 16.5 Å². The van der Waals surface area contributed by atoms with Crippen molar-refractivity contribution in [3.63, 3.8) is 0 Å². The van der Waals surface area contributed by atoms with Gasteiger partial charge in [-0.3, -0.25) is 9.78 Å². The molecule has 0 aliphatic carbocycles. The summed E-state index contributed by atoms with van der Waals surface area (Å²) in [6.45, 7) is 0. The van der Waals surface area contributed by atoms with E-state index in [9.17, 15) is 9.59 Å². The SMILES string of the molecule is O=C(O)c1ccc2nc(Cc3cccnc3)[nH]c(=O)c2c1. The van der Waals surface area contributed by atoms with E-state index in [0.29, 0.717) is 17.8 Å². The van der Waals surface area contributed by atoms with Gasteiger partial charge in [-0.05, 0) is 29.8 Å². The fourth-order valence-corrected chi connectivity index (χ4v) is 2.10. The molecular formula is C15H11N3O3. The number of aromatic amines is 1. The maximum Gasteiger partial charge on any atom is 0.335 e. The predicted octanol–water partition coefficient (Wildman–Crippen LogP) is 1.61. The highest BCUT2D eigenvalue weighted by atomic mass is 16.4. The van der Waals surface area contributed by atoms with Crippen LogP contribution in [-0.2, 0) is 6.42 Å². The molecule has 0 spiro atoms. The molecule has 2 N–H and O–H groups in total. The summed E-state index contributed by atoms with van der Waals surface area (Å²) < 4.78 is 0. The maximum atomic E-state index is 12.1. The minimum Gasteiger partial charge on any atom is -0.478 e. The number of aromatic carboxylic acids is 1. The summed E-state index contributed by atoms with van der Waals surface area (Å²) >= 11 is 0.